The van der Waals surface area contributed by atoms with Gasteiger partial charge in [-0.15, -0.1) is 0 Å². The van der Waals surface area contributed by atoms with Gasteiger partial charge in [0, 0.05) is 31.9 Å². The van der Waals surface area contributed by atoms with E-state index in [9.17, 15) is 10.1 Å². The summed E-state index contributed by atoms with van der Waals surface area (Å²) in [5, 5.41) is 10.7. The van der Waals surface area contributed by atoms with E-state index >= 15 is 0 Å². The second-order valence-corrected chi connectivity index (χ2v) is 3.80. The lowest BCUT2D eigenvalue weighted by molar-refractivity contribution is -0.384. The highest BCUT2D eigenvalue weighted by atomic mass is 16.6. The second kappa shape index (κ2) is 5.07. The molecule has 92 valence electrons. The standard InChI is InChI=1S/C10H14N4O3/c11-6-9-7-13(3-4-17-9)10-5-8(14(15)16)1-2-12-10/h1-2,5,9H,3-4,6-7,11H2. The first kappa shape index (κ1) is 11.7. The summed E-state index contributed by atoms with van der Waals surface area (Å²) < 4.78 is 5.43. The molecule has 1 atom stereocenters. The normalized spacial score (nSPS) is 20.3. The molecule has 0 radical (unpaired) electrons. The quantitative estimate of drug-likeness (QED) is 0.595. The van der Waals surface area contributed by atoms with Crippen molar-refractivity contribution in [1.82, 2.24) is 4.98 Å². The zero-order valence-corrected chi connectivity index (χ0v) is 9.28. The number of aromatic nitrogens is 1. The smallest absolute Gasteiger partial charge is 0.274 e. The van der Waals surface area contributed by atoms with E-state index in [1.807, 2.05) is 4.90 Å². The summed E-state index contributed by atoms with van der Waals surface area (Å²) in [6, 6.07) is 2.85. The minimum atomic E-state index is -0.425. The van der Waals surface area contributed by atoms with Gasteiger partial charge in [-0.25, -0.2) is 4.98 Å². The van der Waals surface area contributed by atoms with Crippen LogP contribution in [0.4, 0.5) is 11.5 Å². The van der Waals surface area contributed by atoms with Crippen LogP contribution in [0.1, 0.15) is 0 Å². The van der Waals surface area contributed by atoms with E-state index in [4.69, 9.17) is 10.5 Å². The van der Waals surface area contributed by atoms with Crippen molar-refractivity contribution in [1.29, 1.82) is 0 Å². The third-order valence-corrected chi connectivity index (χ3v) is 2.67. The van der Waals surface area contributed by atoms with Gasteiger partial charge in [-0.3, -0.25) is 10.1 Å². The monoisotopic (exact) mass is 238 g/mol. The molecule has 1 aromatic rings. The highest BCUT2D eigenvalue weighted by Crippen LogP contribution is 2.19. The first-order valence-electron chi connectivity index (χ1n) is 5.38. The van der Waals surface area contributed by atoms with Crippen LogP contribution in [0.5, 0.6) is 0 Å². The van der Waals surface area contributed by atoms with Gasteiger partial charge in [-0.1, -0.05) is 0 Å². The molecule has 1 unspecified atom stereocenters. The van der Waals surface area contributed by atoms with E-state index in [0.717, 1.165) is 0 Å². The Morgan fingerprint density at radius 2 is 2.53 bits per heavy atom. The molecule has 7 heteroatoms. The Kier molecular flexibility index (Phi) is 3.50. The highest BCUT2D eigenvalue weighted by molar-refractivity contribution is 5.47. The highest BCUT2D eigenvalue weighted by Gasteiger charge is 2.21. The van der Waals surface area contributed by atoms with Gasteiger partial charge in [-0.2, -0.15) is 0 Å². The molecule has 1 fully saturated rings. The molecule has 1 aromatic heterocycles. The average Bonchev–Trinajstić information content (AvgIpc) is 2.39. The van der Waals surface area contributed by atoms with Crippen molar-refractivity contribution in [3.05, 3.63) is 28.4 Å². The van der Waals surface area contributed by atoms with Crippen LogP contribution < -0.4 is 10.6 Å². The zero-order chi connectivity index (χ0) is 12.3. The van der Waals surface area contributed by atoms with Crippen LogP contribution in [0, 0.1) is 10.1 Å². The van der Waals surface area contributed by atoms with Crippen LogP contribution in [-0.2, 0) is 4.74 Å². The number of pyridine rings is 1. The molecule has 2 rings (SSSR count). The first-order valence-corrected chi connectivity index (χ1v) is 5.38. The zero-order valence-electron chi connectivity index (χ0n) is 9.28. The van der Waals surface area contributed by atoms with Gasteiger partial charge in [-0.05, 0) is 0 Å². The molecular formula is C10H14N4O3. The van der Waals surface area contributed by atoms with Gasteiger partial charge in [0.2, 0.25) is 0 Å². The largest absolute Gasteiger partial charge is 0.373 e. The van der Waals surface area contributed by atoms with Crippen molar-refractivity contribution in [2.75, 3.05) is 31.1 Å². The van der Waals surface area contributed by atoms with E-state index in [2.05, 4.69) is 4.98 Å². The summed E-state index contributed by atoms with van der Waals surface area (Å²) in [4.78, 5) is 16.3. The fourth-order valence-corrected chi connectivity index (χ4v) is 1.76. The van der Waals surface area contributed by atoms with Crippen molar-refractivity contribution in [3.63, 3.8) is 0 Å². The van der Waals surface area contributed by atoms with Crippen LogP contribution in [0.25, 0.3) is 0 Å². The number of hydrogen-bond acceptors (Lipinski definition) is 6. The fourth-order valence-electron chi connectivity index (χ4n) is 1.76. The average molecular weight is 238 g/mol. The molecule has 2 N–H and O–H groups in total. The van der Waals surface area contributed by atoms with E-state index in [-0.39, 0.29) is 11.8 Å². The molecule has 0 amide bonds. The van der Waals surface area contributed by atoms with E-state index < -0.39 is 4.92 Å². The van der Waals surface area contributed by atoms with Crippen LogP contribution >= 0.6 is 0 Å². The third kappa shape index (κ3) is 2.69. The molecule has 0 aliphatic carbocycles. The van der Waals surface area contributed by atoms with Crippen molar-refractivity contribution in [2.45, 2.75) is 6.10 Å². The van der Waals surface area contributed by atoms with Crippen LogP contribution in [0.3, 0.4) is 0 Å². The summed E-state index contributed by atoms with van der Waals surface area (Å²) in [5.74, 6) is 0.598. The maximum Gasteiger partial charge on any atom is 0.274 e. The molecule has 1 aliphatic heterocycles. The van der Waals surface area contributed by atoms with E-state index in [1.165, 1.54) is 18.3 Å². The van der Waals surface area contributed by atoms with E-state index in [0.29, 0.717) is 32.1 Å². The van der Waals surface area contributed by atoms with E-state index in [1.54, 1.807) is 0 Å². The summed E-state index contributed by atoms with van der Waals surface area (Å²) in [5.41, 5.74) is 5.59. The van der Waals surface area contributed by atoms with Crippen LogP contribution in [-0.4, -0.2) is 42.3 Å². The Morgan fingerprint density at radius 1 is 1.71 bits per heavy atom. The summed E-state index contributed by atoms with van der Waals surface area (Å²) in [6.07, 6.45) is 1.41. The number of hydrogen-bond donors (Lipinski definition) is 1. The molecule has 17 heavy (non-hydrogen) atoms. The number of nitro groups is 1. The van der Waals surface area contributed by atoms with Crippen molar-refractivity contribution >= 4 is 11.5 Å². The lowest BCUT2D eigenvalue weighted by atomic mass is 10.2. The third-order valence-electron chi connectivity index (χ3n) is 2.67. The number of morpholine rings is 1. The SMILES string of the molecule is NCC1CN(c2cc([N+](=O)[O-])ccn2)CCO1. The molecule has 2 heterocycles. The summed E-state index contributed by atoms with van der Waals surface area (Å²) in [6.45, 7) is 2.28. The fraction of sp³-hybridized carbons (Fsp3) is 0.500. The lowest BCUT2D eigenvalue weighted by Crippen LogP contribution is -2.46. The van der Waals surface area contributed by atoms with Gasteiger partial charge in [0.15, 0.2) is 0 Å². The molecular weight excluding hydrogens is 224 g/mol. The second-order valence-electron chi connectivity index (χ2n) is 3.80. The summed E-state index contributed by atoms with van der Waals surface area (Å²) in [7, 11) is 0. The number of nitrogens with zero attached hydrogens (tertiary/aromatic N) is 3. The van der Waals surface area contributed by atoms with Gasteiger partial charge < -0.3 is 15.4 Å². The first-order chi connectivity index (χ1) is 8.20. The van der Waals surface area contributed by atoms with Crippen LogP contribution in [0.2, 0.25) is 0 Å². The lowest BCUT2D eigenvalue weighted by Gasteiger charge is -2.32. The minimum absolute atomic E-state index is 0.0372. The van der Waals surface area contributed by atoms with Gasteiger partial charge in [0.25, 0.3) is 5.69 Å². The number of rotatable bonds is 3. The maximum atomic E-state index is 10.7. The predicted octanol–water partition coefficient (Wildman–Crippen LogP) is 0.154. The Labute approximate surface area is 98.3 Å². The summed E-state index contributed by atoms with van der Waals surface area (Å²) >= 11 is 0. The Bertz CT molecular complexity index is 412. The topological polar surface area (TPSA) is 94.5 Å². The number of anilines is 1. The van der Waals surface area contributed by atoms with Crippen molar-refractivity contribution in [3.8, 4) is 0 Å². The number of ether oxygens (including phenoxy) is 1. The molecule has 1 saturated heterocycles. The van der Waals surface area contributed by atoms with Gasteiger partial charge in [0.1, 0.15) is 5.82 Å². The molecule has 0 bridgehead atoms. The molecule has 0 saturated carbocycles. The predicted molar refractivity (Wildman–Crippen MR) is 61.9 cm³/mol. The molecule has 7 nitrogen and oxygen atoms in total. The van der Waals surface area contributed by atoms with Gasteiger partial charge >= 0.3 is 0 Å². The van der Waals surface area contributed by atoms with Gasteiger partial charge in [0.05, 0.1) is 23.7 Å². The Hall–Kier alpha value is -1.73. The maximum absolute atomic E-state index is 10.7. The minimum Gasteiger partial charge on any atom is -0.373 e. The van der Waals surface area contributed by atoms with Crippen molar-refractivity contribution in [2.24, 2.45) is 5.73 Å². The van der Waals surface area contributed by atoms with Crippen molar-refractivity contribution < 1.29 is 9.66 Å². The molecule has 0 aromatic carbocycles. The number of nitrogens with two attached hydrogens (primary N) is 1. The Morgan fingerprint density at radius 3 is 3.24 bits per heavy atom. The molecule has 0 spiro atoms. The van der Waals surface area contributed by atoms with Crippen LogP contribution in [0.15, 0.2) is 18.3 Å². The Balaban J connectivity index is 2.16. The molecule has 1 aliphatic rings.